The minimum atomic E-state index is -0.725. The van der Waals surface area contributed by atoms with E-state index in [2.05, 4.69) is 0 Å². The topological polar surface area (TPSA) is 79.3 Å². The average molecular weight is 531 g/mol. The highest BCUT2D eigenvalue weighted by Crippen LogP contribution is 2.31. The van der Waals surface area contributed by atoms with Crippen LogP contribution in [0.1, 0.15) is 41.4 Å². The van der Waals surface area contributed by atoms with Crippen molar-refractivity contribution in [1.29, 1.82) is 0 Å². The lowest BCUT2D eigenvalue weighted by molar-refractivity contribution is -0.143. The molecule has 0 saturated carbocycles. The number of fused-ring (bicyclic) bond motifs is 3. The lowest BCUT2D eigenvalue weighted by Crippen LogP contribution is -2.48. The number of methoxy groups -OCH3 is 1. The van der Waals surface area contributed by atoms with Gasteiger partial charge in [-0.15, -0.1) is 0 Å². The first-order valence-corrected chi connectivity index (χ1v) is 13.4. The van der Waals surface area contributed by atoms with Gasteiger partial charge >= 0.3 is 0 Å². The highest BCUT2D eigenvalue weighted by atomic mass is 16.5. The second-order valence-corrected chi connectivity index (χ2v) is 10.3. The number of carbonyl (C=O) groups excluding carboxylic acids is 2. The van der Waals surface area contributed by atoms with E-state index in [9.17, 15) is 14.7 Å². The fourth-order valence-corrected chi connectivity index (χ4v) is 5.12. The maximum Gasteiger partial charge on any atom is 0.256 e. The number of ether oxygens (including phenoxy) is 2. The molecule has 2 amide bonds. The number of likely N-dealkylation sites (N-methyl/N-ethyl adjacent to an activating group) is 1. The fourth-order valence-electron chi connectivity index (χ4n) is 5.12. The van der Waals surface area contributed by atoms with Crippen LogP contribution in [0.4, 0.5) is 0 Å². The van der Waals surface area contributed by atoms with Gasteiger partial charge in [0.1, 0.15) is 0 Å². The molecule has 1 heterocycles. The van der Waals surface area contributed by atoms with Crippen LogP contribution in [-0.4, -0.2) is 72.7 Å². The number of benzene rings is 3. The molecular weight excluding hydrogens is 492 g/mol. The Morgan fingerprint density at radius 1 is 1.03 bits per heavy atom. The molecule has 39 heavy (non-hydrogen) atoms. The molecule has 0 saturated heterocycles. The van der Waals surface area contributed by atoms with Crippen LogP contribution in [0.3, 0.4) is 0 Å². The van der Waals surface area contributed by atoms with Crippen molar-refractivity contribution >= 4 is 11.8 Å². The van der Waals surface area contributed by atoms with Crippen LogP contribution in [-0.2, 0) is 20.9 Å². The number of rotatable bonds is 7. The van der Waals surface area contributed by atoms with E-state index >= 15 is 0 Å². The fraction of sp³-hybridized carbons (Fsp3) is 0.375. The van der Waals surface area contributed by atoms with E-state index in [-0.39, 0.29) is 36.5 Å². The van der Waals surface area contributed by atoms with E-state index in [1.807, 2.05) is 92.7 Å². The molecule has 4 atom stereocenters. The number of aliphatic hydroxyl groups is 1. The minimum absolute atomic E-state index is 0.131. The molecular formula is C32H38N2O5. The van der Waals surface area contributed by atoms with Gasteiger partial charge in [-0.2, -0.15) is 0 Å². The zero-order valence-corrected chi connectivity index (χ0v) is 23.1. The molecule has 0 bridgehead atoms. The molecule has 0 aliphatic carbocycles. The molecule has 7 nitrogen and oxygen atoms in total. The van der Waals surface area contributed by atoms with Crippen LogP contribution in [0.5, 0.6) is 0 Å². The third-order valence-corrected chi connectivity index (χ3v) is 7.49. The number of hydrogen-bond acceptors (Lipinski definition) is 5. The van der Waals surface area contributed by atoms with Crippen molar-refractivity contribution in [2.24, 2.45) is 5.92 Å². The Morgan fingerprint density at radius 3 is 2.31 bits per heavy atom. The molecule has 0 spiro atoms. The molecule has 3 aromatic rings. The van der Waals surface area contributed by atoms with Crippen molar-refractivity contribution < 1.29 is 24.2 Å². The molecule has 1 aliphatic rings. The van der Waals surface area contributed by atoms with Crippen molar-refractivity contribution in [3.63, 3.8) is 0 Å². The summed E-state index contributed by atoms with van der Waals surface area (Å²) in [6, 6.07) is 24.5. The molecule has 0 radical (unpaired) electrons. The van der Waals surface area contributed by atoms with Crippen molar-refractivity contribution in [3.05, 3.63) is 95.6 Å². The Balaban J connectivity index is 1.68. The van der Waals surface area contributed by atoms with Crippen LogP contribution in [0, 0.1) is 5.92 Å². The number of carbonyl (C=O) groups is 2. The van der Waals surface area contributed by atoms with E-state index in [0.29, 0.717) is 25.3 Å². The quantitative estimate of drug-likeness (QED) is 0.485. The van der Waals surface area contributed by atoms with Crippen molar-refractivity contribution in [1.82, 2.24) is 9.80 Å². The van der Waals surface area contributed by atoms with E-state index in [0.717, 1.165) is 22.3 Å². The van der Waals surface area contributed by atoms with Crippen LogP contribution >= 0.6 is 0 Å². The van der Waals surface area contributed by atoms with Gasteiger partial charge in [0, 0.05) is 38.7 Å². The molecule has 0 unspecified atom stereocenters. The van der Waals surface area contributed by atoms with Gasteiger partial charge in [0.25, 0.3) is 11.8 Å². The third kappa shape index (κ3) is 6.38. The number of hydrogen-bond donors (Lipinski definition) is 1. The number of amides is 2. The maximum absolute atomic E-state index is 13.9. The smallest absolute Gasteiger partial charge is 0.256 e. The molecule has 0 aromatic heterocycles. The summed E-state index contributed by atoms with van der Waals surface area (Å²) in [6.45, 7) is 4.72. The SMILES string of the molecule is CO[C@@H](C(=O)N(C)C[C@@H]1OCc2ccccc2-c2ccccc2C(=O)N([C@H](C)CO)C[C@@H]1C)c1ccccc1. The third-order valence-electron chi connectivity index (χ3n) is 7.49. The van der Waals surface area contributed by atoms with Gasteiger partial charge in [-0.25, -0.2) is 0 Å². The highest BCUT2D eigenvalue weighted by Gasteiger charge is 2.32. The van der Waals surface area contributed by atoms with Gasteiger partial charge in [-0.05, 0) is 35.2 Å². The summed E-state index contributed by atoms with van der Waals surface area (Å²) >= 11 is 0. The van der Waals surface area contributed by atoms with E-state index in [1.54, 1.807) is 16.8 Å². The molecule has 3 aromatic carbocycles. The predicted octanol–water partition coefficient (Wildman–Crippen LogP) is 4.56. The molecule has 4 rings (SSSR count). The van der Waals surface area contributed by atoms with Gasteiger partial charge < -0.3 is 24.4 Å². The Hall–Kier alpha value is -3.52. The Bertz CT molecular complexity index is 1260. The minimum Gasteiger partial charge on any atom is -0.394 e. The Labute approximate surface area is 231 Å². The summed E-state index contributed by atoms with van der Waals surface area (Å²) < 4.78 is 12.1. The predicted molar refractivity (Wildman–Crippen MR) is 151 cm³/mol. The molecule has 0 fully saturated rings. The number of nitrogens with zero attached hydrogens (tertiary/aromatic N) is 2. The van der Waals surface area contributed by atoms with Crippen LogP contribution in [0.2, 0.25) is 0 Å². The van der Waals surface area contributed by atoms with Gasteiger partial charge in [-0.3, -0.25) is 9.59 Å². The standard InChI is InChI=1S/C32H38N2O5/c1-22-18-34(23(2)20-35)31(36)28-17-11-10-16-27(28)26-15-9-8-14-25(26)21-39-29(22)19-33(3)32(37)30(38-4)24-12-6-5-7-13-24/h5-17,22-23,29-30,35H,18-21H2,1-4H3/t22-,23+,29-,30+/m0/s1. The zero-order valence-electron chi connectivity index (χ0n) is 23.1. The summed E-state index contributed by atoms with van der Waals surface area (Å²) in [7, 11) is 3.28. The first-order chi connectivity index (χ1) is 18.8. The second-order valence-electron chi connectivity index (χ2n) is 10.3. The molecule has 7 heteroatoms. The summed E-state index contributed by atoms with van der Waals surface area (Å²) in [6.07, 6.45) is -1.10. The van der Waals surface area contributed by atoms with Crippen molar-refractivity contribution in [2.75, 3.05) is 33.9 Å². The maximum atomic E-state index is 13.9. The molecule has 206 valence electrons. The lowest BCUT2D eigenvalue weighted by Gasteiger charge is -2.35. The monoisotopic (exact) mass is 530 g/mol. The largest absolute Gasteiger partial charge is 0.394 e. The summed E-state index contributed by atoms with van der Waals surface area (Å²) in [5, 5.41) is 10.0. The van der Waals surface area contributed by atoms with E-state index < -0.39 is 6.10 Å². The zero-order chi connectivity index (χ0) is 27.9. The second kappa shape index (κ2) is 13.0. The van der Waals surface area contributed by atoms with Crippen molar-refractivity contribution in [3.8, 4) is 11.1 Å². The van der Waals surface area contributed by atoms with E-state index in [1.165, 1.54) is 7.11 Å². The van der Waals surface area contributed by atoms with Crippen LogP contribution < -0.4 is 0 Å². The molecule has 1 aliphatic heterocycles. The van der Waals surface area contributed by atoms with Crippen LogP contribution in [0.25, 0.3) is 11.1 Å². The van der Waals surface area contributed by atoms with Gasteiger partial charge in [0.2, 0.25) is 0 Å². The average Bonchev–Trinajstić information content (AvgIpc) is 2.99. The summed E-state index contributed by atoms with van der Waals surface area (Å²) in [5.41, 5.74) is 4.11. The first kappa shape index (κ1) is 28.5. The highest BCUT2D eigenvalue weighted by molar-refractivity contribution is 6.01. The van der Waals surface area contributed by atoms with E-state index in [4.69, 9.17) is 9.47 Å². The Morgan fingerprint density at radius 2 is 1.64 bits per heavy atom. The number of aliphatic hydroxyl groups excluding tert-OH is 1. The Kier molecular flexibility index (Phi) is 9.51. The van der Waals surface area contributed by atoms with Gasteiger partial charge in [0.05, 0.1) is 25.4 Å². The lowest BCUT2D eigenvalue weighted by atomic mass is 9.94. The van der Waals surface area contributed by atoms with Gasteiger partial charge in [0.15, 0.2) is 6.10 Å². The van der Waals surface area contributed by atoms with Crippen molar-refractivity contribution in [2.45, 2.75) is 38.7 Å². The summed E-state index contributed by atoms with van der Waals surface area (Å²) in [4.78, 5) is 30.8. The summed E-state index contributed by atoms with van der Waals surface area (Å²) in [5.74, 6) is -0.436. The normalized spacial score (nSPS) is 19.3. The molecule has 1 N–H and O–H groups in total. The van der Waals surface area contributed by atoms with Gasteiger partial charge in [-0.1, -0.05) is 79.7 Å². The van der Waals surface area contributed by atoms with Crippen LogP contribution in [0.15, 0.2) is 78.9 Å². The first-order valence-electron chi connectivity index (χ1n) is 13.4.